The molecule has 1 nitrogen and oxygen atoms in total. The lowest BCUT2D eigenvalue weighted by Crippen LogP contribution is -2.27. The van der Waals surface area contributed by atoms with Gasteiger partial charge in [0.15, 0.2) is 0 Å². The molecule has 1 aliphatic rings. The highest BCUT2D eigenvalue weighted by Crippen LogP contribution is 2.45. The fourth-order valence-electron chi connectivity index (χ4n) is 6.05. The molecule has 1 saturated carbocycles. The second kappa shape index (κ2) is 23.4. The summed E-state index contributed by atoms with van der Waals surface area (Å²) < 4.78 is 0. The largest absolute Gasteiger partial charge is 0.306 e. The van der Waals surface area contributed by atoms with Crippen LogP contribution in [0.5, 0.6) is 0 Å². The Bertz CT molecular complexity index is 403. The molecule has 0 radical (unpaired) electrons. The van der Waals surface area contributed by atoms with E-state index in [0.29, 0.717) is 0 Å². The maximum atomic E-state index is 2.50. The van der Waals surface area contributed by atoms with Crippen molar-refractivity contribution in [2.24, 2.45) is 11.8 Å². The van der Waals surface area contributed by atoms with E-state index in [1.807, 2.05) is 0 Å². The van der Waals surface area contributed by atoms with Crippen LogP contribution in [0.15, 0.2) is 0 Å². The van der Waals surface area contributed by atoms with Gasteiger partial charge in [-0.1, -0.05) is 162 Å². The Hall–Kier alpha value is -0.0400. The van der Waals surface area contributed by atoms with Crippen molar-refractivity contribution >= 4 is 0 Å². The Kier molecular flexibility index (Phi) is 22.0. The molecular weight excluding hydrogens is 410 g/mol. The van der Waals surface area contributed by atoms with Gasteiger partial charge in [0.25, 0.3) is 0 Å². The number of unbranched alkanes of at least 4 members (excludes halogenated alkanes) is 18. The summed E-state index contributed by atoms with van der Waals surface area (Å²) in [4.78, 5) is 2.50. The molecule has 1 rings (SSSR count). The highest BCUT2D eigenvalue weighted by molar-refractivity contribution is 4.85. The molecule has 0 saturated heterocycles. The van der Waals surface area contributed by atoms with Crippen molar-refractivity contribution in [3.05, 3.63) is 0 Å². The summed E-state index contributed by atoms with van der Waals surface area (Å²) in [5.74, 6) is 2.25. The van der Waals surface area contributed by atoms with Crippen molar-refractivity contribution in [2.45, 2.75) is 187 Å². The standard InChI is InChI=1S/C33H67N/c1-5-7-9-11-13-15-18-22-26-31-30-32(31)27-23-19-16-17-21-25-29-33(34(3)4)28-24-20-14-12-10-8-6-2/h31-33H,5-30H2,1-4H3/t31-,32+,33?/m1/s1. The number of nitrogens with zero attached hydrogens (tertiary/aromatic N) is 1. The molecule has 0 spiro atoms. The first-order valence-electron chi connectivity index (χ1n) is 16.3. The summed E-state index contributed by atoms with van der Waals surface area (Å²) in [5, 5.41) is 0. The van der Waals surface area contributed by atoms with Crippen molar-refractivity contribution in [3.8, 4) is 0 Å². The second-order valence-electron chi connectivity index (χ2n) is 12.2. The van der Waals surface area contributed by atoms with E-state index < -0.39 is 0 Å². The van der Waals surface area contributed by atoms with Gasteiger partial charge in [-0.3, -0.25) is 0 Å². The number of hydrogen-bond donors (Lipinski definition) is 0. The van der Waals surface area contributed by atoms with Gasteiger partial charge in [0, 0.05) is 6.04 Å². The maximum Gasteiger partial charge on any atom is 0.00891 e. The van der Waals surface area contributed by atoms with E-state index in [9.17, 15) is 0 Å². The molecule has 1 aliphatic carbocycles. The molecule has 0 aromatic rings. The first-order chi connectivity index (χ1) is 16.7. The third-order valence-electron chi connectivity index (χ3n) is 8.73. The number of rotatable bonds is 27. The normalized spacial score (nSPS) is 18.6. The lowest BCUT2D eigenvalue weighted by Gasteiger charge is -2.24. The van der Waals surface area contributed by atoms with Crippen LogP contribution in [-0.2, 0) is 0 Å². The molecule has 0 heterocycles. The fourth-order valence-corrected chi connectivity index (χ4v) is 6.05. The minimum Gasteiger partial charge on any atom is -0.306 e. The van der Waals surface area contributed by atoms with Crippen LogP contribution in [0.1, 0.15) is 181 Å². The molecule has 1 fully saturated rings. The van der Waals surface area contributed by atoms with Crippen LogP contribution < -0.4 is 0 Å². The summed E-state index contributed by atoms with van der Waals surface area (Å²) in [6.07, 6.45) is 38.2. The van der Waals surface area contributed by atoms with E-state index >= 15 is 0 Å². The average molecular weight is 478 g/mol. The lowest BCUT2D eigenvalue weighted by molar-refractivity contribution is 0.251. The first kappa shape index (κ1) is 32.0. The SMILES string of the molecule is CCCCCCCCCC[C@@H]1C[C@@H]1CCCCCCCCC(CCCCCCCCC)N(C)C. The summed E-state index contributed by atoms with van der Waals surface area (Å²) in [5.41, 5.74) is 0. The van der Waals surface area contributed by atoms with Crippen LogP contribution in [0.3, 0.4) is 0 Å². The van der Waals surface area contributed by atoms with Gasteiger partial charge in [-0.05, 0) is 45.2 Å². The van der Waals surface area contributed by atoms with Gasteiger partial charge in [0.1, 0.15) is 0 Å². The third kappa shape index (κ3) is 19.2. The van der Waals surface area contributed by atoms with Gasteiger partial charge in [0.05, 0.1) is 0 Å². The summed E-state index contributed by atoms with van der Waals surface area (Å²) >= 11 is 0. The second-order valence-corrected chi connectivity index (χ2v) is 12.2. The van der Waals surface area contributed by atoms with Crippen LogP contribution >= 0.6 is 0 Å². The van der Waals surface area contributed by atoms with E-state index in [-0.39, 0.29) is 0 Å². The maximum absolute atomic E-state index is 2.50. The lowest BCUT2D eigenvalue weighted by atomic mass is 9.99. The van der Waals surface area contributed by atoms with Crippen LogP contribution in [0, 0.1) is 11.8 Å². The average Bonchev–Trinajstić information content (AvgIpc) is 3.58. The van der Waals surface area contributed by atoms with Crippen molar-refractivity contribution in [1.29, 1.82) is 0 Å². The van der Waals surface area contributed by atoms with E-state index in [1.165, 1.54) is 148 Å². The highest BCUT2D eigenvalue weighted by Gasteiger charge is 2.34. The minimum absolute atomic E-state index is 0.823. The smallest absolute Gasteiger partial charge is 0.00891 e. The van der Waals surface area contributed by atoms with Gasteiger partial charge >= 0.3 is 0 Å². The summed E-state index contributed by atoms with van der Waals surface area (Å²) in [7, 11) is 4.59. The molecule has 0 aromatic carbocycles. The monoisotopic (exact) mass is 478 g/mol. The van der Waals surface area contributed by atoms with Crippen LogP contribution in [0.25, 0.3) is 0 Å². The molecular formula is C33H67N. The van der Waals surface area contributed by atoms with Gasteiger partial charge in [-0.25, -0.2) is 0 Å². The Morgan fingerprint density at radius 1 is 0.471 bits per heavy atom. The highest BCUT2D eigenvalue weighted by atomic mass is 15.1. The zero-order valence-electron chi connectivity index (χ0n) is 24.6. The van der Waals surface area contributed by atoms with Crippen LogP contribution in [0.2, 0.25) is 0 Å². The Labute approximate surface area is 217 Å². The first-order valence-corrected chi connectivity index (χ1v) is 16.3. The van der Waals surface area contributed by atoms with E-state index in [2.05, 4.69) is 32.8 Å². The van der Waals surface area contributed by atoms with Crippen LogP contribution in [-0.4, -0.2) is 25.0 Å². The molecule has 1 unspecified atom stereocenters. The van der Waals surface area contributed by atoms with E-state index in [0.717, 1.165) is 17.9 Å². The van der Waals surface area contributed by atoms with Gasteiger partial charge < -0.3 is 4.90 Å². The van der Waals surface area contributed by atoms with Gasteiger partial charge in [-0.15, -0.1) is 0 Å². The molecule has 1 heteroatoms. The number of hydrogen-bond acceptors (Lipinski definition) is 1. The third-order valence-corrected chi connectivity index (χ3v) is 8.73. The molecule has 0 amide bonds. The molecule has 204 valence electrons. The molecule has 3 atom stereocenters. The van der Waals surface area contributed by atoms with Crippen molar-refractivity contribution in [3.63, 3.8) is 0 Å². The zero-order valence-corrected chi connectivity index (χ0v) is 24.6. The molecule has 34 heavy (non-hydrogen) atoms. The molecule has 0 aromatic heterocycles. The Morgan fingerprint density at radius 3 is 1.15 bits per heavy atom. The van der Waals surface area contributed by atoms with E-state index in [4.69, 9.17) is 0 Å². The quantitative estimate of drug-likeness (QED) is 0.106. The van der Waals surface area contributed by atoms with Gasteiger partial charge in [-0.2, -0.15) is 0 Å². The summed E-state index contributed by atoms with van der Waals surface area (Å²) in [6.45, 7) is 4.62. The van der Waals surface area contributed by atoms with Gasteiger partial charge in [0.2, 0.25) is 0 Å². The summed E-state index contributed by atoms with van der Waals surface area (Å²) in [6, 6.07) is 0.823. The minimum atomic E-state index is 0.823. The van der Waals surface area contributed by atoms with Crippen molar-refractivity contribution in [2.75, 3.05) is 14.1 Å². The predicted molar refractivity (Wildman–Crippen MR) is 156 cm³/mol. The van der Waals surface area contributed by atoms with Crippen molar-refractivity contribution < 1.29 is 0 Å². The Balaban J connectivity index is 1.84. The topological polar surface area (TPSA) is 3.24 Å². The predicted octanol–water partition coefficient (Wildman–Crippen LogP) is 11.3. The zero-order chi connectivity index (χ0) is 24.7. The van der Waals surface area contributed by atoms with E-state index in [1.54, 1.807) is 19.3 Å². The Morgan fingerprint density at radius 2 is 0.794 bits per heavy atom. The molecule has 0 N–H and O–H groups in total. The fraction of sp³-hybridized carbons (Fsp3) is 1.00. The molecule has 0 aliphatic heterocycles. The molecule has 0 bridgehead atoms. The van der Waals surface area contributed by atoms with Crippen molar-refractivity contribution in [1.82, 2.24) is 4.90 Å². The van der Waals surface area contributed by atoms with Crippen LogP contribution in [0.4, 0.5) is 0 Å².